The van der Waals surface area contributed by atoms with Crippen molar-refractivity contribution in [1.82, 2.24) is 0 Å². The summed E-state index contributed by atoms with van der Waals surface area (Å²) in [4.78, 5) is 37.4. The molecule has 3 aromatic carbocycles. The van der Waals surface area contributed by atoms with Crippen LogP contribution in [-0.2, 0) is 9.53 Å². The number of halogens is 3. The first-order valence-electron chi connectivity index (χ1n) is 12.9. The van der Waals surface area contributed by atoms with E-state index >= 15 is 0 Å². The summed E-state index contributed by atoms with van der Waals surface area (Å²) in [7, 11) is 0. The quantitative estimate of drug-likeness (QED) is 0.256. The molecule has 11 heteroatoms. The fourth-order valence-electron chi connectivity index (χ4n) is 3.43. The molecule has 0 bridgehead atoms. The van der Waals surface area contributed by atoms with E-state index in [2.05, 4.69) is 0 Å². The third kappa shape index (κ3) is 9.71. The van der Waals surface area contributed by atoms with Crippen LogP contribution in [-0.4, -0.2) is 41.8 Å². The van der Waals surface area contributed by atoms with Gasteiger partial charge in [0.1, 0.15) is 6.10 Å². The minimum Gasteiger partial charge on any atom is -0.449 e. The van der Waals surface area contributed by atoms with Crippen LogP contribution in [0.25, 0.3) is 0 Å². The summed E-state index contributed by atoms with van der Waals surface area (Å²) in [5, 5.41) is 7.57. The molecule has 3 aromatic rings. The number of esters is 3. The second-order valence-electron chi connectivity index (χ2n) is 10.2. The van der Waals surface area contributed by atoms with Crippen molar-refractivity contribution in [3.05, 3.63) is 95.1 Å². The van der Waals surface area contributed by atoms with Gasteiger partial charge in [-0.15, -0.1) is 0 Å². The van der Waals surface area contributed by atoms with Crippen LogP contribution in [0.3, 0.4) is 0 Å². The molecule has 0 aliphatic rings. The van der Waals surface area contributed by atoms with Gasteiger partial charge in [-0.3, -0.25) is 0 Å². The molecule has 0 fully saturated rings. The van der Waals surface area contributed by atoms with E-state index in [-0.39, 0.29) is 34.8 Å². The van der Waals surface area contributed by atoms with Gasteiger partial charge in [-0.1, -0.05) is 62.7 Å². The van der Waals surface area contributed by atoms with Gasteiger partial charge in [0.05, 0.1) is 17.2 Å². The van der Waals surface area contributed by atoms with Crippen LogP contribution in [0, 0.1) is 12.3 Å². The molecule has 226 valence electrons. The number of nitrogens with two attached hydrogens (primary N) is 1. The van der Waals surface area contributed by atoms with Crippen molar-refractivity contribution in [1.29, 1.82) is 0 Å². The second kappa shape index (κ2) is 14.6. The Bertz CT molecular complexity index is 1350. The third-order valence-corrected chi connectivity index (χ3v) is 5.79. The summed E-state index contributed by atoms with van der Waals surface area (Å²) in [6, 6.07) is 17.0. The number of aliphatic hydroxyl groups is 1. The zero-order chi connectivity index (χ0) is 31.7. The number of carbonyl (C=O) groups excluding carboxylic acids is 3. The Hall–Kier alpha value is -4.22. The van der Waals surface area contributed by atoms with Crippen molar-refractivity contribution < 1.29 is 46.9 Å². The first kappa shape index (κ1) is 34.0. The van der Waals surface area contributed by atoms with Crippen molar-refractivity contribution in [2.75, 3.05) is 6.61 Å². The average Bonchev–Trinajstić information content (AvgIpc) is 2.92. The number of aryl methyl sites for hydroxylation is 1. The molecule has 42 heavy (non-hydrogen) atoms. The van der Waals surface area contributed by atoms with E-state index in [1.165, 1.54) is 42.5 Å². The van der Waals surface area contributed by atoms with Crippen molar-refractivity contribution in [2.45, 2.75) is 52.9 Å². The van der Waals surface area contributed by atoms with Gasteiger partial charge in [-0.2, -0.15) is 13.2 Å². The monoisotopic (exact) mass is 589 g/mol. The summed E-state index contributed by atoms with van der Waals surface area (Å²) >= 11 is 0. The first-order chi connectivity index (χ1) is 19.6. The van der Waals surface area contributed by atoms with Crippen LogP contribution in [0.2, 0.25) is 0 Å². The Balaban J connectivity index is 0.00000197. The number of ether oxygens (including phenoxy) is 3. The lowest BCUT2D eigenvalue weighted by Gasteiger charge is -2.34. The molecule has 0 aliphatic heterocycles. The normalized spacial score (nSPS) is 12.7. The molecule has 3 rings (SSSR count). The van der Waals surface area contributed by atoms with Gasteiger partial charge in [-0.25, -0.2) is 14.4 Å². The number of carbonyl (C=O) groups is 3. The molecule has 3 N–H and O–H groups in total. The SMILES string of the molecule is CCO.Cc1ccc(C(=O)Oc2cc(C(OC(=O)C(F)(F)F)C(N)C(C)(C)C)ccc2OC(=O)c2ccccc2)cc1. The average molecular weight is 590 g/mol. The van der Waals surface area contributed by atoms with Crippen LogP contribution in [0.15, 0.2) is 72.8 Å². The van der Waals surface area contributed by atoms with E-state index in [9.17, 15) is 27.6 Å². The molecule has 0 saturated carbocycles. The molecule has 2 unspecified atom stereocenters. The van der Waals surface area contributed by atoms with Gasteiger partial charge in [0.2, 0.25) is 0 Å². The molecular weight excluding hydrogens is 555 g/mol. The minimum atomic E-state index is -5.26. The maximum Gasteiger partial charge on any atom is 0.490 e. The van der Waals surface area contributed by atoms with Crippen molar-refractivity contribution in [2.24, 2.45) is 11.1 Å². The highest BCUT2D eigenvalue weighted by molar-refractivity contribution is 5.93. The Morgan fingerprint density at radius 3 is 1.83 bits per heavy atom. The van der Waals surface area contributed by atoms with Crippen LogP contribution < -0.4 is 15.2 Å². The van der Waals surface area contributed by atoms with Crippen LogP contribution in [0.1, 0.15) is 65.6 Å². The number of aliphatic hydroxyl groups excluding tert-OH is 1. The molecule has 0 saturated heterocycles. The van der Waals surface area contributed by atoms with Gasteiger partial charge in [0.25, 0.3) is 0 Å². The molecule has 0 aromatic heterocycles. The summed E-state index contributed by atoms with van der Waals surface area (Å²) in [5.41, 5.74) is 6.73. The van der Waals surface area contributed by atoms with Crippen molar-refractivity contribution in [3.63, 3.8) is 0 Å². The lowest BCUT2D eigenvalue weighted by atomic mass is 9.81. The summed E-state index contributed by atoms with van der Waals surface area (Å²) in [5.74, 6) is -4.46. The molecule has 0 spiro atoms. The van der Waals surface area contributed by atoms with E-state index < -0.39 is 41.6 Å². The van der Waals surface area contributed by atoms with E-state index in [0.29, 0.717) is 0 Å². The van der Waals surface area contributed by atoms with Gasteiger partial charge < -0.3 is 25.1 Å². The van der Waals surface area contributed by atoms with Gasteiger partial charge in [0, 0.05) is 6.61 Å². The zero-order valence-electron chi connectivity index (χ0n) is 23.9. The first-order valence-corrected chi connectivity index (χ1v) is 12.9. The summed E-state index contributed by atoms with van der Waals surface area (Å²) < 4.78 is 55.0. The predicted octanol–water partition coefficient (Wildman–Crippen LogP) is 5.95. The number of hydrogen-bond acceptors (Lipinski definition) is 8. The second-order valence-corrected chi connectivity index (χ2v) is 10.2. The fourth-order valence-corrected chi connectivity index (χ4v) is 3.43. The number of rotatable bonds is 7. The van der Waals surface area contributed by atoms with E-state index in [1.54, 1.807) is 58.0 Å². The molecule has 0 amide bonds. The van der Waals surface area contributed by atoms with Crippen LogP contribution in [0.4, 0.5) is 13.2 Å². The zero-order valence-corrected chi connectivity index (χ0v) is 23.9. The molecule has 0 aliphatic carbocycles. The van der Waals surface area contributed by atoms with E-state index in [1.807, 2.05) is 6.92 Å². The smallest absolute Gasteiger partial charge is 0.449 e. The lowest BCUT2D eigenvalue weighted by Crippen LogP contribution is -2.43. The Labute approximate surface area is 242 Å². The standard InChI is InChI=1S/C29H28F3NO6.C2H6O/c1-17-10-12-19(13-11-17)26(35)38-22-16-20(14-15-21(22)37-25(34)18-8-6-5-7-9-18)23(24(33)28(2,3)4)39-27(36)29(30,31)32;1-2-3/h5-16,23-24H,33H2,1-4H3;3H,2H2,1H3. The Morgan fingerprint density at radius 1 is 0.833 bits per heavy atom. The molecule has 2 atom stereocenters. The molecule has 8 nitrogen and oxygen atoms in total. The Morgan fingerprint density at radius 2 is 1.33 bits per heavy atom. The van der Waals surface area contributed by atoms with Crippen molar-refractivity contribution >= 4 is 17.9 Å². The van der Waals surface area contributed by atoms with Crippen LogP contribution >= 0.6 is 0 Å². The minimum absolute atomic E-state index is 0.00115. The van der Waals surface area contributed by atoms with Gasteiger partial charge >= 0.3 is 24.1 Å². The summed E-state index contributed by atoms with van der Waals surface area (Å²) in [6.45, 7) is 8.77. The largest absolute Gasteiger partial charge is 0.490 e. The van der Waals surface area contributed by atoms with Gasteiger partial charge in [-0.05, 0) is 61.2 Å². The highest BCUT2D eigenvalue weighted by Crippen LogP contribution is 2.38. The molecule has 0 radical (unpaired) electrons. The fraction of sp³-hybridized carbons (Fsp3) is 0.323. The molecule has 0 heterocycles. The highest BCUT2D eigenvalue weighted by Gasteiger charge is 2.44. The van der Waals surface area contributed by atoms with Crippen LogP contribution in [0.5, 0.6) is 11.5 Å². The van der Waals surface area contributed by atoms with E-state index in [4.69, 9.17) is 25.1 Å². The maximum absolute atomic E-state index is 13.1. The number of benzene rings is 3. The van der Waals surface area contributed by atoms with Crippen molar-refractivity contribution in [3.8, 4) is 11.5 Å². The third-order valence-electron chi connectivity index (χ3n) is 5.79. The van der Waals surface area contributed by atoms with E-state index in [0.717, 1.165) is 5.56 Å². The predicted molar refractivity (Wildman–Crippen MR) is 149 cm³/mol. The summed E-state index contributed by atoms with van der Waals surface area (Å²) in [6.07, 6.45) is -6.84. The maximum atomic E-state index is 13.1. The topological polar surface area (TPSA) is 125 Å². The number of hydrogen-bond donors (Lipinski definition) is 2. The lowest BCUT2D eigenvalue weighted by molar-refractivity contribution is -0.207. The Kier molecular flexibility index (Phi) is 11.8. The van der Waals surface area contributed by atoms with Gasteiger partial charge in [0.15, 0.2) is 11.5 Å². The molecular formula is C31H34F3NO7. The number of alkyl halides is 3. The highest BCUT2D eigenvalue weighted by atomic mass is 19.4.